The van der Waals surface area contributed by atoms with Gasteiger partial charge in [-0.25, -0.2) is 9.59 Å². The number of guanidine groups is 2. The first-order valence-electron chi connectivity index (χ1n) is 23.9. The Bertz CT molecular complexity index is 2370. The van der Waals surface area contributed by atoms with Gasteiger partial charge in [0.15, 0.2) is 11.9 Å². The van der Waals surface area contributed by atoms with Crippen LogP contribution >= 0.6 is 11.8 Å². The van der Waals surface area contributed by atoms with Crippen LogP contribution in [0.25, 0.3) is 11.1 Å². The van der Waals surface area contributed by atoms with Gasteiger partial charge in [-0.2, -0.15) is 11.8 Å². The van der Waals surface area contributed by atoms with Crippen LogP contribution in [0, 0.1) is 0 Å². The fraction of sp³-hybridized carbons (Fsp3) is 0.489. The Hall–Kier alpha value is -8.17. The monoisotopic (exact) mass is 1070 g/mol. The van der Waals surface area contributed by atoms with Crippen molar-refractivity contribution in [1.29, 1.82) is 0 Å². The first-order chi connectivity index (χ1) is 35.6. The van der Waals surface area contributed by atoms with E-state index >= 15 is 0 Å². The van der Waals surface area contributed by atoms with Gasteiger partial charge >= 0.3 is 18.0 Å². The van der Waals surface area contributed by atoms with Gasteiger partial charge in [0.2, 0.25) is 41.4 Å². The molecule has 0 spiro atoms. The van der Waals surface area contributed by atoms with Gasteiger partial charge in [0, 0.05) is 38.3 Å². The summed E-state index contributed by atoms with van der Waals surface area (Å²) in [6.07, 6.45) is -2.25. The fourth-order valence-corrected chi connectivity index (χ4v) is 8.30. The second-order valence-electron chi connectivity index (χ2n) is 17.3. The second-order valence-corrected chi connectivity index (χ2v) is 18.3. The number of nitrogens with one attached hydrogen (secondary N) is 6. The Balaban J connectivity index is 1.83. The number of ether oxygens (including phenoxy) is 1. The maximum Gasteiger partial charge on any atom is 0.407 e. The number of carboxylic acids is 2. The van der Waals surface area contributed by atoms with Crippen LogP contribution in [0.5, 0.6) is 0 Å². The maximum atomic E-state index is 14.1. The molecule has 8 amide bonds. The van der Waals surface area contributed by atoms with Crippen LogP contribution in [0.3, 0.4) is 0 Å². The highest BCUT2D eigenvalue weighted by Crippen LogP contribution is 2.44. The van der Waals surface area contributed by atoms with E-state index in [2.05, 4.69) is 41.9 Å². The largest absolute Gasteiger partial charge is 0.481 e. The second kappa shape index (κ2) is 31.4. The number of benzene rings is 2. The number of carboxylic acid groups (broad SMARTS) is 2. The molecule has 0 heterocycles. The summed E-state index contributed by atoms with van der Waals surface area (Å²) >= 11 is 1.28. The molecule has 28 heteroatoms. The van der Waals surface area contributed by atoms with Crippen molar-refractivity contribution in [2.45, 2.75) is 113 Å². The van der Waals surface area contributed by atoms with Gasteiger partial charge in [-0.1, -0.05) is 48.5 Å². The zero-order valence-electron chi connectivity index (χ0n) is 41.4. The molecule has 0 bridgehead atoms. The average Bonchev–Trinajstić information content (AvgIpc) is 3.67. The number of nitrogens with zero attached hydrogens (tertiary/aromatic N) is 2. The van der Waals surface area contributed by atoms with Crippen molar-refractivity contribution in [1.82, 2.24) is 31.9 Å². The van der Waals surface area contributed by atoms with Crippen molar-refractivity contribution < 1.29 is 62.9 Å². The molecule has 2 aromatic rings. The van der Waals surface area contributed by atoms with Crippen LogP contribution in [0.4, 0.5) is 4.79 Å². The van der Waals surface area contributed by atoms with E-state index in [1.165, 1.54) is 11.8 Å². The predicted molar refractivity (Wildman–Crippen MR) is 276 cm³/mol. The lowest BCUT2D eigenvalue weighted by Crippen LogP contribution is -2.59. The minimum Gasteiger partial charge on any atom is -0.481 e. The molecule has 3 rings (SSSR count). The molecule has 0 radical (unpaired) electrons. The van der Waals surface area contributed by atoms with E-state index in [1.54, 1.807) is 6.26 Å². The van der Waals surface area contributed by atoms with Gasteiger partial charge in [-0.05, 0) is 85.6 Å². The zero-order chi connectivity index (χ0) is 55.6. The summed E-state index contributed by atoms with van der Waals surface area (Å²) in [6, 6.07) is 6.02. The summed E-state index contributed by atoms with van der Waals surface area (Å²) in [4.78, 5) is 138. The van der Waals surface area contributed by atoms with Crippen molar-refractivity contribution in [3.63, 3.8) is 0 Å². The topological polar surface area (TPSA) is 473 Å². The number of carbonyl (C=O) groups excluding carboxylic acids is 8. The van der Waals surface area contributed by atoms with Crippen molar-refractivity contribution in [3.8, 4) is 11.1 Å². The van der Waals surface area contributed by atoms with Gasteiger partial charge in [0.05, 0.1) is 0 Å². The highest BCUT2D eigenvalue weighted by atomic mass is 32.2. The summed E-state index contributed by atoms with van der Waals surface area (Å²) in [7, 11) is 0. The molecule has 75 heavy (non-hydrogen) atoms. The molecule has 0 unspecified atom stereocenters. The number of thioether (sulfide) groups is 1. The van der Waals surface area contributed by atoms with Gasteiger partial charge in [-0.3, -0.25) is 48.3 Å². The number of hydrogen-bond acceptors (Lipinski definition) is 14. The molecule has 0 fully saturated rings. The molecule has 1 aliphatic carbocycles. The normalized spacial score (nSPS) is 13.8. The SMILES string of the molecule is CSCC[C@H](NC(=O)[C@H](CCC(N)=O)NC(=O)[C@H](CCC(=O)O)NC(=O)OCC1c2ccccc2-c2ccccc21)C(=O)N[C@@H](CCC(N)=O)C(=O)N[C@@H](CCCN=C(N)N)C(=O)N[C@@H](CCCN=C(N)N)C(=O)O. The smallest absolute Gasteiger partial charge is 0.407 e. The minimum absolute atomic E-state index is 0.000477. The lowest BCUT2D eigenvalue weighted by atomic mass is 9.98. The summed E-state index contributed by atoms with van der Waals surface area (Å²) in [5, 5.41) is 34.0. The molecule has 410 valence electrons. The number of fused-ring (bicyclic) bond motifs is 3. The first-order valence-corrected chi connectivity index (χ1v) is 25.2. The summed E-state index contributed by atoms with van der Waals surface area (Å²) in [5.74, 6) is -10.0. The summed E-state index contributed by atoms with van der Waals surface area (Å²) in [6.45, 7) is -0.0868. The molecular weight excluding hydrogens is 1000 g/mol. The van der Waals surface area contributed by atoms with E-state index in [-0.39, 0.29) is 75.4 Å². The first kappa shape index (κ1) is 61.1. The van der Waals surface area contributed by atoms with Crippen molar-refractivity contribution >= 4 is 83.1 Å². The number of aliphatic imine (C=N–C) groups is 2. The predicted octanol–water partition coefficient (Wildman–Crippen LogP) is -2.34. The molecule has 27 nitrogen and oxygen atoms in total. The Morgan fingerprint density at radius 3 is 1.31 bits per heavy atom. The van der Waals surface area contributed by atoms with Crippen LogP contribution in [0.1, 0.15) is 87.7 Å². The number of amides is 8. The highest BCUT2D eigenvalue weighted by Gasteiger charge is 2.35. The van der Waals surface area contributed by atoms with Crippen LogP contribution in [0.2, 0.25) is 0 Å². The Morgan fingerprint density at radius 1 is 0.533 bits per heavy atom. The third-order valence-electron chi connectivity index (χ3n) is 11.6. The molecule has 0 aliphatic heterocycles. The molecule has 2 aromatic carbocycles. The van der Waals surface area contributed by atoms with E-state index in [0.29, 0.717) is 0 Å². The van der Waals surface area contributed by atoms with E-state index in [0.717, 1.165) is 22.3 Å². The number of rotatable bonds is 34. The zero-order valence-corrected chi connectivity index (χ0v) is 42.2. The van der Waals surface area contributed by atoms with E-state index < -0.39 is 134 Å². The number of alkyl carbamates (subject to hydrolysis) is 1. The molecule has 1 aliphatic rings. The van der Waals surface area contributed by atoms with Crippen LogP contribution < -0.4 is 66.3 Å². The summed E-state index contributed by atoms with van der Waals surface area (Å²) in [5.41, 5.74) is 36.1. The molecule has 6 atom stereocenters. The van der Waals surface area contributed by atoms with Crippen LogP contribution in [-0.2, 0) is 47.9 Å². The Kier molecular flexibility index (Phi) is 25.6. The van der Waals surface area contributed by atoms with Crippen LogP contribution in [-0.4, -0.2) is 149 Å². The van der Waals surface area contributed by atoms with Crippen LogP contribution in [0.15, 0.2) is 58.5 Å². The third kappa shape index (κ3) is 21.4. The number of carbonyl (C=O) groups is 10. The molecular formula is C47H68N14O13S. The lowest BCUT2D eigenvalue weighted by molar-refractivity contribution is -0.142. The van der Waals surface area contributed by atoms with Gasteiger partial charge in [0.1, 0.15) is 42.9 Å². The standard InChI is InChI=1S/C47H68N14O13S/c1-75-23-20-34(43(70)58-31(14-17-36(48)62)40(67)56-30(12-6-21-54-45(50)51)39(66)60-35(44(71)72)13-7-22-55-46(52)53)59-41(68)32(15-18-37(49)63)57-42(69)33(16-19-38(64)65)61-47(73)74-24-29-27-10-4-2-8-25(27)26-9-3-5-11-28(26)29/h2-5,8-11,29-35H,6-7,12-24H2,1H3,(H2,48,62)(H2,49,63)(H,56,67)(H,57,69)(H,58,70)(H,59,68)(H,60,66)(H,61,73)(H,64,65)(H,71,72)(H4,50,51,54)(H4,52,53,55)/t30-,31-,32-,33-,34-,35-/m0/s1. The van der Waals surface area contributed by atoms with E-state index in [1.807, 2.05) is 48.5 Å². The minimum atomic E-state index is -1.61. The fourth-order valence-electron chi connectivity index (χ4n) is 7.83. The molecule has 0 saturated heterocycles. The number of primary amides is 2. The Labute approximate surface area is 436 Å². The third-order valence-corrected chi connectivity index (χ3v) is 12.2. The molecule has 0 saturated carbocycles. The maximum absolute atomic E-state index is 14.1. The van der Waals surface area contributed by atoms with Crippen molar-refractivity contribution in [3.05, 3.63) is 59.7 Å². The number of nitrogens with two attached hydrogens (primary N) is 6. The highest BCUT2D eigenvalue weighted by molar-refractivity contribution is 7.98. The van der Waals surface area contributed by atoms with Gasteiger partial charge < -0.3 is 81.3 Å². The quantitative estimate of drug-likeness (QED) is 0.0198. The average molecular weight is 1070 g/mol. The summed E-state index contributed by atoms with van der Waals surface area (Å²) < 4.78 is 5.58. The van der Waals surface area contributed by atoms with Crippen molar-refractivity contribution in [2.75, 3.05) is 31.7 Å². The lowest BCUT2D eigenvalue weighted by Gasteiger charge is -2.27. The van der Waals surface area contributed by atoms with E-state index in [4.69, 9.17) is 39.1 Å². The Morgan fingerprint density at radius 2 is 0.907 bits per heavy atom. The van der Waals surface area contributed by atoms with Gasteiger partial charge in [-0.15, -0.1) is 0 Å². The number of aliphatic carboxylic acids is 2. The van der Waals surface area contributed by atoms with E-state index in [9.17, 15) is 58.2 Å². The molecule has 20 N–H and O–H groups in total. The number of hydrogen-bond donors (Lipinski definition) is 14. The van der Waals surface area contributed by atoms with Crippen molar-refractivity contribution in [2.24, 2.45) is 44.4 Å². The molecule has 0 aromatic heterocycles. The van der Waals surface area contributed by atoms with Gasteiger partial charge in [0.25, 0.3) is 0 Å².